The zero-order valence-corrected chi connectivity index (χ0v) is 19.1. The molecule has 1 aliphatic heterocycles. The topological polar surface area (TPSA) is 80.7 Å². The lowest BCUT2D eigenvalue weighted by atomic mass is 10.0. The first-order chi connectivity index (χ1) is 15.9. The number of fused-ring (bicyclic) bond motifs is 3. The molecule has 168 valence electrons. The molecule has 0 aliphatic carbocycles. The predicted molar refractivity (Wildman–Crippen MR) is 125 cm³/mol. The molecule has 7 nitrogen and oxygen atoms in total. The summed E-state index contributed by atoms with van der Waals surface area (Å²) in [4.78, 5) is 24.3. The van der Waals surface area contributed by atoms with Gasteiger partial charge in [0.1, 0.15) is 13.7 Å². The van der Waals surface area contributed by atoms with Crippen molar-refractivity contribution in [2.75, 3.05) is 7.05 Å². The lowest BCUT2D eigenvalue weighted by Gasteiger charge is -2.32. The van der Waals surface area contributed by atoms with Crippen LogP contribution < -0.4 is 15.1 Å². The van der Waals surface area contributed by atoms with E-state index in [0.717, 1.165) is 27.0 Å². The molecule has 1 amide bonds. The van der Waals surface area contributed by atoms with Crippen LogP contribution in [0.1, 0.15) is 29.1 Å². The minimum absolute atomic E-state index is 0.261. The lowest BCUT2D eigenvalue weighted by molar-refractivity contribution is -1.04. The molecule has 0 radical (unpaired) electrons. The number of pyridine rings is 1. The van der Waals surface area contributed by atoms with Gasteiger partial charge in [-0.1, -0.05) is 30.3 Å². The molecule has 3 heterocycles. The van der Waals surface area contributed by atoms with Gasteiger partial charge < -0.3 is 9.57 Å². The molecular weight excluding hydrogens is 438 g/mol. The van der Waals surface area contributed by atoms with Crippen LogP contribution in [0, 0.1) is 0 Å². The van der Waals surface area contributed by atoms with Gasteiger partial charge in [0.15, 0.2) is 23.6 Å². The maximum Gasteiger partial charge on any atom is 0.366 e. The molecule has 0 spiro atoms. The van der Waals surface area contributed by atoms with E-state index in [-0.39, 0.29) is 6.61 Å². The minimum Gasteiger partial charge on any atom is -0.483 e. The zero-order chi connectivity index (χ0) is 23.0. The van der Waals surface area contributed by atoms with Crippen LogP contribution in [-0.4, -0.2) is 33.8 Å². The van der Waals surface area contributed by atoms with E-state index >= 15 is 0 Å². The van der Waals surface area contributed by atoms with E-state index in [1.807, 2.05) is 60.0 Å². The number of carbonyl (C=O) groups is 1. The van der Waals surface area contributed by atoms with Crippen molar-refractivity contribution < 1.29 is 24.2 Å². The van der Waals surface area contributed by atoms with Crippen molar-refractivity contribution in [3.05, 3.63) is 88.2 Å². The van der Waals surface area contributed by atoms with Crippen LogP contribution in [0.15, 0.2) is 72.1 Å². The summed E-state index contributed by atoms with van der Waals surface area (Å²) in [7, 11) is 1.51. The maximum atomic E-state index is 13.0. The van der Waals surface area contributed by atoms with E-state index in [1.54, 1.807) is 19.1 Å². The second kappa shape index (κ2) is 8.57. The molecule has 2 N–H and O–H groups in total. The van der Waals surface area contributed by atoms with Crippen LogP contribution in [0.4, 0.5) is 0 Å². The number of carbonyl (C=O) groups excluding carboxylic acids is 1. The van der Waals surface area contributed by atoms with Gasteiger partial charge in [-0.25, -0.2) is 15.0 Å². The van der Waals surface area contributed by atoms with Crippen LogP contribution in [0.2, 0.25) is 0 Å². The van der Waals surface area contributed by atoms with Gasteiger partial charge in [0.25, 0.3) is 0 Å². The Morgan fingerprint density at radius 3 is 2.82 bits per heavy atom. The van der Waals surface area contributed by atoms with E-state index in [0.29, 0.717) is 11.5 Å². The molecule has 5 rings (SSSR count). The fraction of sp³-hybridized carbons (Fsp3) is 0.200. The van der Waals surface area contributed by atoms with Crippen LogP contribution in [0.3, 0.4) is 0 Å². The molecule has 2 aromatic heterocycles. The van der Waals surface area contributed by atoms with Gasteiger partial charge in [0.2, 0.25) is 0 Å². The highest BCUT2D eigenvalue weighted by Crippen LogP contribution is 2.40. The molecule has 3 atom stereocenters. The van der Waals surface area contributed by atoms with Crippen molar-refractivity contribution >= 4 is 28.1 Å². The van der Waals surface area contributed by atoms with Gasteiger partial charge in [-0.05, 0) is 48.7 Å². The highest BCUT2D eigenvalue weighted by molar-refractivity contribution is 7.10. The number of aromatic nitrogens is 1. The Bertz CT molecular complexity index is 1310. The Morgan fingerprint density at radius 1 is 1.15 bits per heavy atom. The largest absolute Gasteiger partial charge is 0.483 e. The van der Waals surface area contributed by atoms with Crippen molar-refractivity contribution in [3.8, 4) is 11.5 Å². The van der Waals surface area contributed by atoms with E-state index in [4.69, 9.17) is 9.57 Å². The normalized spacial score (nSPS) is 22.8. The van der Waals surface area contributed by atoms with Crippen molar-refractivity contribution in [2.24, 2.45) is 0 Å². The van der Waals surface area contributed by atoms with Gasteiger partial charge in [-0.3, -0.25) is 0 Å². The first kappa shape index (κ1) is 21.5. The number of amides is 1. The maximum absolute atomic E-state index is 13.0. The predicted octanol–water partition coefficient (Wildman–Crippen LogP) is 4.61. The summed E-state index contributed by atoms with van der Waals surface area (Å²) in [6, 6.07) is 19.8. The molecule has 8 heteroatoms. The average Bonchev–Trinajstić information content (AvgIpc) is 3.35. The number of benzene rings is 2. The highest BCUT2D eigenvalue weighted by Gasteiger charge is 2.46. The SMILES string of the molecule is CC1NOc2cc(ccc2OCc2ccc3ccccc3n2)C(c2cccs2)[N+](C)(O)C1=O. The summed E-state index contributed by atoms with van der Waals surface area (Å²) in [6.07, 6.45) is 0. The van der Waals surface area contributed by atoms with Crippen LogP contribution in [0.25, 0.3) is 10.9 Å². The monoisotopic (exact) mass is 462 g/mol. The molecule has 2 bridgehead atoms. The summed E-state index contributed by atoms with van der Waals surface area (Å²) in [5.74, 6) is 0.551. The average molecular weight is 463 g/mol. The summed E-state index contributed by atoms with van der Waals surface area (Å²) in [6.45, 7) is 1.92. The fourth-order valence-corrected chi connectivity index (χ4v) is 5.05. The summed E-state index contributed by atoms with van der Waals surface area (Å²) in [5, 5.41) is 14.3. The molecule has 0 fully saturated rings. The Hall–Kier alpha value is -3.30. The second-order valence-corrected chi connectivity index (χ2v) is 9.19. The third-order valence-electron chi connectivity index (χ3n) is 5.79. The Balaban J connectivity index is 1.48. The second-order valence-electron chi connectivity index (χ2n) is 8.21. The lowest BCUT2D eigenvalue weighted by Crippen LogP contribution is -2.56. The number of quaternary nitrogens is 1. The van der Waals surface area contributed by atoms with E-state index in [9.17, 15) is 10.0 Å². The molecule has 3 unspecified atom stereocenters. The fourth-order valence-electron chi connectivity index (χ4n) is 4.10. The third kappa shape index (κ3) is 4.09. The Kier molecular flexibility index (Phi) is 5.59. The molecule has 33 heavy (non-hydrogen) atoms. The van der Waals surface area contributed by atoms with E-state index < -0.39 is 22.6 Å². The molecule has 4 aromatic rings. The summed E-state index contributed by atoms with van der Waals surface area (Å²) >= 11 is 1.49. The third-order valence-corrected chi connectivity index (χ3v) is 6.72. The number of likely N-dealkylation sites (N-methyl/N-ethyl adjacent to an activating group) is 1. The van der Waals surface area contributed by atoms with E-state index in [2.05, 4.69) is 10.5 Å². The van der Waals surface area contributed by atoms with Crippen molar-refractivity contribution in [1.82, 2.24) is 10.5 Å². The molecular formula is C25H24N3O4S+. The molecule has 2 aromatic carbocycles. The quantitative estimate of drug-likeness (QED) is 0.341. The van der Waals surface area contributed by atoms with Crippen LogP contribution in [0.5, 0.6) is 11.5 Å². The van der Waals surface area contributed by atoms with Crippen molar-refractivity contribution in [3.63, 3.8) is 0 Å². The number of hydroxylamine groups is 4. The number of hydrogen-bond donors (Lipinski definition) is 2. The number of hydrogen-bond acceptors (Lipinski definition) is 7. The number of nitrogens with one attached hydrogen (secondary N) is 1. The summed E-state index contributed by atoms with van der Waals surface area (Å²) < 4.78 is 5.23. The van der Waals surface area contributed by atoms with Crippen LogP contribution >= 0.6 is 11.3 Å². The van der Waals surface area contributed by atoms with Gasteiger partial charge in [-0.15, -0.1) is 21.5 Å². The van der Waals surface area contributed by atoms with Gasteiger partial charge >= 0.3 is 5.91 Å². The minimum atomic E-state index is -0.821. The molecule has 0 saturated heterocycles. The van der Waals surface area contributed by atoms with Crippen molar-refractivity contribution in [2.45, 2.75) is 25.6 Å². The molecule has 0 saturated carbocycles. The smallest absolute Gasteiger partial charge is 0.366 e. The van der Waals surface area contributed by atoms with E-state index in [1.165, 1.54) is 18.4 Å². The first-order valence-electron chi connectivity index (χ1n) is 10.6. The Labute approximate surface area is 195 Å². The van der Waals surface area contributed by atoms with Gasteiger partial charge in [0.05, 0.1) is 16.1 Å². The number of thiophene rings is 1. The number of rotatable bonds is 4. The number of para-hydroxylation sites is 1. The van der Waals surface area contributed by atoms with Gasteiger partial charge in [-0.2, -0.15) is 0 Å². The number of nitrogens with zero attached hydrogens (tertiary/aromatic N) is 2. The van der Waals surface area contributed by atoms with Gasteiger partial charge in [0, 0.05) is 10.9 Å². The van der Waals surface area contributed by atoms with Crippen molar-refractivity contribution in [1.29, 1.82) is 0 Å². The number of ether oxygens (including phenoxy) is 1. The standard InChI is InChI=1S/C25H24N3O4S/c1-16-25(29)28(2,30)24(23-8-5-13-33-23)18-10-12-21(22(14-18)32-27-16)31-15-19-11-9-17-6-3-4-7-20(17)26-19/h3-14,16,24,27,30H,15H2,1-2H3/q+1. The first-order valence-corrected chi connectivity index (χ1v) is 11.5. The summed E-state index contributed by atoms with van der Waals surface area (Å²) in [5.41, 5.74) is 5.20. The Morgan fingerprint density at radius 2 is 2.00 bits per heavy atom. The molecule has 1 aliphatic rings. The highest BCUT2D eigenvalue weighted by atomic mass is 32.1. The zero-order valence-electron chi connectivity index (χ0n) is 18.3. The van der Waals surface area contributed by atoms with Crippen LogP contribution in [-0.2, 0) is 11.4 Å².